The summed E-state index contributed by atoms with van der Waals surface area (Å²) in [5.41, 5.74) is 2.91. The molecule has 6 heteroatoms. The molecule has 4 aliphatic rings. The first kappa shape index (κ1) is 19.3. The molecule has 4 fully saturated rings. The lowest BCUT2D eigenvalue weighted by atomic mass is 9.80. The molecule has 4 aliphatic heterocycles. The summed E-state index contributed by atoms with van der Waals surface area (Å²) in [6.45, 7) is 5.82. The fraction of sp³-hybridized carbons (Fsp3) is 0.696. The molecule has 29 heavy (non-hydrogen) atoms. The van der Waals surface area contributed by atoms with Gasteiger partial charge in [0.15, 0.2) is 0 Å². The second kappa shape index (κ2) is 7.89. The van der Waals surface area contributed by atoms with Crippen molar-refractivity contribution in [1.29, 1.82) is 0 Å². The number of carboxylic acid groups (broad SMARTS) is 1. The van der Waals surface area contributed by atoms with Crippen molar-refractivity contribution in [2.45, 2.75) is 55.6 Å². The molecule has 0 aliphatic carbocycles. The number of ether oxygens (including phenoxy) is 2. The summed E-state index contributed by atoms with van der Waals surface area (Å²) in [6, 6.07) is 9.53. The van der Waals surface area contributed by atoms with Crippen molar-refractivity contribution in [3.05, 3.63) is 35.4 Å². The summed E-state index contributed by atoms with van der Waals surface area (Å²) in [6.07, 6.45) is 4.83. The highest BCUT2D eigenvalue weighted by molar-refractivity contribution is 5.66. The van der Waals surface area contributed by atoms with Crippen LogP contribution in [0.5, 0.6) is 0 Å². The normalized spacial score (nSPS) is 28.6. The predicted molar refractivity (Wildman–Crippen MR) is 109 cm³/mol. The zero-order valence-electron chi connectivity index (χ0n) is 17.1. The van der Waals surface area contributed by atoms with Crippen LogP contribution in [0.3, 0.4) is 0 Å². The summed E-state index contributed by atoms with van der Waals surface area (Å²) in [5.74, 6) is 1.30. The molecule has 1 aromatic rings. The van der Waals surface area contributed by atoms with Gasteiger partial charge in [0.25, 0.3) is 0 Å². The van der Waals surface area contributed by atoms with E-state index in [2.05, 4.69) is 29.2 Å². The zero-order valence-corrected chi connectivity index (χ0v) is 17.1. The Bertz CT molecular complexity index is 734. The van der Waals surface area contributed by atoms with E-state index in [0.717, 1.165) is 52.2 Å². The Labute approximate surface area is 172 Å². The van der Waals surface area contributed by atoms with Crippen molar-refractivity contribution in [2.75, 3.05) is 46.0 Å². The molecule has 0 saturated carbocycles. The first-order valence-electron chi connectivity index (χ1n) is 11.2. The summed E-state index contributed by atoms with van der Waals surface area (Å²) < 4.78 is 11.6. The second-order valence-electron chi connectivity index (χ2n) is 9.32. The third-order valence-corrected chi connectivity index (χ3v) is 7.56. The third kappa shape index (κ3) is 3.78. The van der Waals surface area contributed by atoms with Crippen molar-refractivity contribution >= 4 is 6.09 Å². The maximum atomic E-state index is 11.1. The minimum Gasteiger partial charge on any atom is -0.465 e. The Morgan fingerprint density at radius 1 is 1.00 bits per heavy atom. The van der Waals surface area contributed by atoms with Gasteiger partial charge in [0.05, 0.1) is 19.7 Å². The van der Waals surface area contributed by atoms with Gasteiger partial charge in [0.1, 0.15) is 5.60 Å². The van der Waals surface area contributed by atoms with Crippen molar-refractivity contribution in [3.63, 3.8) is 0 Å². The summed E-state index contributed by atoms with van der Waals surface area (Å²) in [4.78, 5) is 15.1. The molecule has 1 N–H and O–H groups in total. The van der Waals surface area contributed by atoms with Gasteiger partial charge in [0.2, 0.25) is 0 Å². The average Bonchev–Trinajstić information content (AvgIpc) is 3.19. The quantitative estimate of drug-likeness (QED) is 0.844. The van der Waals surface area contributed by atoms with Crippen LogP contribution in [-0.2, 0) is 9.47 Å². The predicted octanol–water partition coefficient (Wildman–Crippen LogP) is 3.28. The van der Waals surface area contributed by atoms with Gasteiger partial charge in [-0.1, -0.05) is 24.3 Å². The SMILES string of the molecule is O=C(O)N1CC2(CC(N3CCC(c4ccccc4C4CCOCC4)CC3)CO2)C1. The summed E-state index contributed by atoms with van der Waals surface area (Å²) in [5, 5.41) is 9.10. The highest BCUT2D eigenvalue weighted by Crippen LogP contribution is 2.40. The molecule has 1 atom stereocenters. The van der Waals surface area contributed by atoms with Gasteiger partial charge in [-0.15, -0.1) is 0 Å². The molecule has 1 unspecified atom stereocenters. The van der Waals surface area contributed by atoms with Crippen LogP contribution in [0.2, 0.25) is 0 Å². The van der Waals surface area contributed by atoms with Gasteiger partial charge >= 0.3 is 6.09 Å². The van der Waals surface area contributed by atoms with Crippen LogP contribution in [0.4, 0.5) is 4.79 Å². The Morgan fingerprint density at radius 3 is 2.24 bits per heavy atom. The molecule has 5 rings (SSSR count). The topological polar surface area (TPSA) is 62.2 Å². The fourth-order valence-corrected chi connectivity index (χ4v) is 5.90. The number of piperidine rings is 1. The molecule has 1 aromatic carbocycles. The van der Waals surface area contributed by atoms with E-state index in [1.165, 1.54) is 17.7 Å². The third-order valence-electron chi connectivity index (χ3n) is 7.56. The van der Waals surface area contributed by atoms with E-state index >= 15 is 0 Å². The first-order chi connectivity index (χ1) is 14.1. The van der Waals surface area contributed by atoms with Crippen molar-refractivity contribution in [3.8, 4) is 0 Å². The van der Waals surface area contributed by atoms with Crippen LogP contribution in [0.1, 0.15) is 55.1 Å². The standard InChI is InChI=1S/C23H32N2O4/c26-22(27)25-15-23(16-25)13-19(14-29-23)24-9-5-17(6-10-24)20-3-1-2-4-21(20)18-7-11-28-12-8-18/h1-4,17-19H,5-16H2,(H,26,27). The molecular weight excluding hydrogens is 368 g/mol. The van der Waals surface area contributed by atoms with E-state index < -0.39 is 6.09 Å². The molecule has 0 radical (unpaired) electrons. The van der Waals surface area contributed by atoms with E-state index in [0.29, 0.717) is 31.0 Å². The fourth-order valence-electron chi connectivity index (χ4n) is 5.90. The molecule has 1 spiro atoms. The van der Waals surface area contributed by atoms with Crippen LogP contribution in [0.25, 0.3) is 0 Å². The summed E-state index contributed by atoms with van der Waals surface area (Å²) in [7, 11) is 0. The molecular formula is C23H32N2O4. The molecule has 4 heterocycles. The van der Waals surface area contributed by atoms with E-state index in [1.54, 1.807) is 11.1 Å². The Hall–Kier alpha value is -1.63. The molecule has 0 bridgehead atoms. The van der Waals surface area contributed by atoms with E-state index in [-0.39, 0.29) is 5.60 Å². The summed E-state index contributed by atoms with van der Waals surface area (Å²) >= 11 is 0. The molecule has 4 saturated heterocycles. The maximum Gasteiger partial charge on any atom is 0.407 e. The van der Waals surface area contributed by atoms with Gasteiger partial charge in [-0.2, -0.15) is 0 Å². The number of hydrogen-bond acceptors (Lipinski definition) is 4. The largest absolute Gasteiger partial charge is 0.465 e. The van der Waals surface area contributed by atoms with Crippen molar-refractivity contribution in [1.82, 2.24) is 9.80 Å². The van der Waals surface area contributed by atoms with Gasteiger partial charge in [-0.05, 0) is 68.2 Å². The number of hydrogen-bond donors (Lipinski definition) is 1. The lowest BCUT2D eigenvalue weighted by Crippen LogP contribution is -2.63. The minimum atomic E-state index is -0.827. The lowest BCUT2D eigenvalue weighted by Gasteiger charge is -2.45. The van der Waals surface area contributed by atoms with Crippen LogP contribution in [0, 0.1) is 0 Å². The molecule has 1 amide bonds. The number of amides is 1. The van der Waals surface area contributed by atoms with Gasteiger partial charge < -0.3 is 19.5 Å². The van der Waals surface area contributed by atoms with Crippen LogP contribution in [-0.4, -0.2) is 78.6 Å². The van der Waals surface area contributed by atoms with Crippen molar-refractivity contribution in [2.24, 2.45) is 0 Å². The second-order valence-corrected chi connectivity index (χ2v) is 9.32. The lowest BCUT2D eigenvalue weighted by molar-refractivity contribution is -0.0982. The van der Waals surface area contributed by atoms with Crippen LogP contribution < -0.4 is 0 Å². The Balaban J connectivity index is 1.18. The Morgan fingerprint density at radius 2 is 1.62 bits per heavy atom. The van der Waals surface area contributed by atoms with Crippen LogP contribution >= 0.6 is 0 Å². The zero-order chi connectivity index (χ0) is 19.8. The number of likely N-dealkylation sites (tertiary alicyclic amines) is 2. The van der Waals surface area contributed by atoms with E-state index in [1.807, 2.05) is 0 Å². The first-order valence-corrected chi connectivity index (χ1v) is 11.2. The molecule has 158 valence electrons. The van der Waals surface area contributed by atoms with E-state index in [4.69, 9.17) is 14.6 Å². The van der Waals surface area contributed by atoms with Gasteiger partial charge in [0, 0.05) is 19.3 Å². The van der Waals surface area contributed by atoms with Gasteiger partial charge in [-0.3, -0.25) is 4.90 Å². The number of benzene rings is 1. The van der Waals surface area contributed by atoms with Crippen LogP contribution in [0.15, 0.2) is 24.3 Å². The van der Waals surface area contributed by atoms with Crippen molar-refractivity contribution < 1.29 is 19.4 Å². The average molecular weight is 401 g/mol. The van der Waals surface area contributed by atoms with Gasteiger partial charge in [-0.25, -0.2) is 4.79 Å². The molecule has 6 nitrogen and oxygen atoms in total. The molecule has 0 aromatic heterocycles. The maximum absolute atomic E-state index is 11.1. The highest BCUT2D eigenvalue weighted by Gasteiger charge is 2.52. The monoisotopic (exact) mass is 400 g/mol. The number of nitrogens with zero attached hydrogens (tertiary/aromatic N) is 2. The number of carbonyl (C=O) groups is 1. The highest BCUT2D eigenvalue weighted by atomic mass is 16.5. The van der Waals surface area contributed by atoms with E-state index in [9.17, 15) is 4.79 Å². The smallest absolute Gasteiger partial charge is 0.407 e. The minimum absolute atomic E-state index is 0.213. The number of rotatable bonds is 3. The Kier molecular flexibility index (Phi) is 5.26.